The third-order valence-corrected chi connectivity index (χ3v) is 3.76. The Labute approximate surface area is 118 Å². The lowest BCUT2D eigenvalue weighted by Crippen LogP contribution is -2.04. The zero-order chi connectivity index (χ0) is 14.7. The third kappa shape index (κ3) is 3.15. The summed E-state index contributed by atoms with van der Waals surface area (Å²) in [6, 6.07) is 1.65. The molecule has 0 radical (unpaired) electrons. The van der Waals surface area contributed by atoms with Gasteiger partial charge in [0.2, 0.25) is 11.8 Å². The molecule has 0 amide bonds. The van der Waals surface area contributed by atoms with Crippen LogP contribution in [-0.4, -0.2) is 26.2 Å². The molecule has 20 heavy (non-hydrogen) atoms. The number of aromatic nitrogens is 2. The number of rotatable bonds is 5. The molecule has 106 valence electrons. The number of hydrogen-bond acceptors (Lipinski definition) is 7. The maximum atomic E-state index is 10.8. The van der Waals surface area contributed by atoms with Gasteiger partial charge in [-0.1, -0.05) is 0 Å². The fourth-order valence-corrected chi connectivity index (χ4v) is 2.62. The van der Waals surface area contributed by atoms with Gasteiger partial charge in [-0.15, -0.1) is 11.3 Å². The van der Waals surface area contributed by atoms with Crippen molar-refractivity contribution >= 4 is 29.1 Å². The van der Waals surface area contributed by atoms with Gasteiger partial charge in [-0.25, -0.2) is 4.79 Å². The summed E-state index contributed by atoms with van der Waals surface area (Å²) in [6.07, 6.45) is 1.88. The van der Waals surface area contributed by atoms with Crippen LogP contribution in [0.1, 0.15) is 27.2 Å². The molecule has 0 aliphatic rings. The number of nitrogens with zero attached hydrogens (tertiary/aromatic N) is 2. The zero-order valence-corrected chi connectivity index (χ0v) is 11.4. The normalized spacial score (nSPS) is 10.6. The van der Waals surface area contributed by atoms with E-state index in [9.17, 15) is 9.90 Å². The SMILES string of the molecule is Nc1nc(N)c(CCCc2csc(C(=O)O)c2)c(O)n1. The van der Waals surface area contributed by atoms with Crippen LogP contribution in [0.3, 0.4) is 0 Å². The van der Waals surface area contributed by atoms with Crippen molar-refractivity contribution in [2.45, 2.75) is 19.3 Å². The van der Waals surface area contributed by atoms with Crippen LogP contribution in [0.5, 0.6) is 5.88 Å². The molecule has 8 heteroatoms. The Morgan fingerprint density at radius 1 is 1.30 bits per heavy atom. The number of carboxylic acids is 1. The summed E-state index contributed by atoms with van der Waals surface area (Å²) in [4.78, 5) is 18.5. The molecule has 0 spiro atoms. The van der Waals surface area contributed by atoms with Crippen LogP contribution in [0.4, 0.5) is 11.8 Å². The topological polar surface area (TPSA) is 135 Å². The molecule has 0 aliphatic heterocycles. The number of aromatic carboxylic acids is 1. The van der Waals surface area contributed by atoms with E-state index in [4.69, 9.17) is 16.6 Å². The minimum absolute atomic E-state index is 0.0623. The first-order valence-electron chi connectivity index (χ1n) is 5.89. The van der Waals surface area contributed by atoms with Gasteiger partial charge >= 0.3 is 5.97 Å². The number of carboxylic acid groups (broad SMARTS) is 1. The van der Waals surface area contributed by atoms with Crippen LogP contribution < -0.4 is 11.5 Å². The highest BCUT2D eigenvalue weighted by Gasteiger charge is 2.11. The maximum absolute atomic E-state index is 10.8. The van der Waals surface area contributed by atoms with Gasteiger partial charge in [-0.3, -0.25) is 0 Å². The Morgan fingerprint density at radius 2 is 2.05 bits per heavy atom. The summed E-state index contributed by atoms with van der Waals surface area (Å²) in [6.45, 7) is 0. The van der Waals surface area contributed by atoms with E-state index >= 15 is 0 Å². The van der Waals surface area contributed by atoms with Crippen molar-refractivity contribution in [3.05, 3.63) is 27.5 Å². The van der Waals surface area contributed by atoms with Crippen LogP contribution in [0, 0.1) is 0 Å². The van der Waals surface area contributed by atoms with Crippen LogP contribution in [0.25, 0.3) is 0 Å². The molecule has 2 heterocycles. The first-order valence-corrected chi connectivity index (χ1v) is 6.77. The van der Waals surface area contributed by atoms with Crippen molar-refractivity contribution in [1.82, 2.24) is 9.97 Å². The number of aryl methyl sites for hydroxylation is 1. The summed E-state index contributed by atoms with van der Waals surface area (Å²) in [7, 11) is 0. The molecule has 0 atom stereocenters. The summed E-state index contributed by atoms with van der Waals surface area (Å²) in [5.41, 5.74) is 12.5. The van der Waals surface area contributed by atoms with Crippen molar-refractivity contribution < 1.29 is 15.0 Å². The Morgan fingerprint density at radius 3 is 2.65 bits per heavy atom. The van der Waals surface area contributed by atoms with E-state index in [1.54, 1.807) is 6.07 Å². The summed E-state index contributed by atoms with van der Waals surface area (Å²) < 4.78 is 0. The van der Waals surface area contributed by atoms with Gasteiger partial charge in [0, 0.05) is 0 Å². The second kappa shape index (κ2) is 5.74. The van der Waals surface area contributed by atoms with E-state index in [1.165, 1.54) is 11.3 Å². The van der Waals surface area contributed by atoms with Crippen molar-refractivity contribution in [2.75, 3.05) is 11.5 Å². The Balaban J connectivity index is 1.97. The zero-order valence-electron chi connectivity index (χ0n) is 10.5. The van der Waals surface area contributed by atoms with Gasteiger partial charge in [0.05, 0.1) is 5.56 Å². The first-order chi connectivity index (χ1) is 9.47. The molecule has 2 aromatic rings. The fourth-order valence-electron chi connectivity index (χ4n) is 1.83. The average Bonchev–Trinajstić information content (AvgIpc) is 2.81. The predicted octanol–water partition coefficient (Wildman–Crippen LogP) is 1.28. The lowest BCUT2D eigenvalue weighted by atomic mass is 10.1. The number of carbonyl (C=O) groups is 1. The predicted molar refractivity (Wildman–Crippen MR) is 75.8 cm³/mol. The molecule has 0 fully saturated rings. The second-order valence-corrected chi connectivity index (χ2v) is 5.16. The lowest BCUT2D eigenvalue weighted by molar-refractivity contribution is 0.0702. The molecule has 6 N–H and O–H groups in total. The molecule has 0 aromatic carbocycles. The quantitative estimate of drug-likeness (QED) is 0.652. The lowest BCUT2D eigenvalue weighted by Gasteiger charge is -2.06. The molecule has 2 aromatic heterocycles. The van der Waals surface area contributed by atoms with E-state index < -0.39 is 5.97 Å². The minimum atomic E-state index is -0.921. The molecule has 0 saturated carbocycles. The van der Waals surface area contributed by atoms with E-state index in [-0.39, 0.29) is 17.6 Å². The van der Waals surface area contributed by atoms with E-state index in [0.717, 1.165) is 5.56 Å². The van der Waals surface area contributed by atoms with Crippen LogP contribution in [0.15, 0.2) is 11.4 Å². The number of aromatic hydroxyl groups is 1. The Hall–Kier alpha value is -2.35. The standard InChI is InChI=1S/C12H14N4O3S/c13-9-7(10(17)16-12(14)15-9)3-1-2-6-4-8(11(18)19)20-5-6/h4-5H,1-3H2,(H,18,19)(H5,13,14,15,16,17). The van der Waals surface area contributed by atoms with E-state index in [0.29, 0.717) is 29.7 Å². The van der Waals surface area contributed by atoms with Crippen molar-refractivity contribution in [1.29, 1.82) is 0 Å². The van der Waals surface area contributed by atoms with Gasteiger partial charge < -0.3 is 21.7 Å². The van der Waals surface area contributed by atoms with Crippen molar-refractivity contribution in [3.63, 3.8) is 0 Å². The van der Waals surface area contributed by atoms with Crippen LogP contribution in [-0.2, 0) is 12.8 Å². The molecule has 0 unspecified atom stereocenters. The van der Waals surface area contributed by atoms with Gasteiger partial charge in [0.25, 0.3) is 0 Å². The number of nitrogens with two attached hydrogens (primary N) is 2. The number of thiophene rings is 1. The van der Waals surface area contributed by atoms with Gasteiger partial charge in [-0.05, 0) is 36.3 Å². The highest BCUT2D eigenvalue weighted by atomic mass is 32.1. The highest BCUT2D eigenvalue weighted by Crippen LogP contribution is 2.23. The monoisotopic (exact) mass is 294 g/mol. The third-order valence-electron chi connectivity index (χ3n) is 2.79. The van der Waals surface area contributed by atoms with Crippen molar-refractivity contribution in [2.24, 2.45) is 0 Å². The number of nitrogen functional groups attached to an aromatic ring is 2. The van der Waals surface area contributed by atoms with Crippen molar-refractivity contribution in [3.8, 4) is 5.88 Å². The number of hydrogen-bond donors (Lipinski definition) is 4. The van der Waals surface area contributed by atoms with E-state index in [2.05, 4.69) is 9.97 Å². The molecular formula is C12H14N4O3S. The van der Waals surface area contributed by atoms with Crippen LogP contribution in [0.2, 0.25) is 0 Å². The molecular weight excluding hydrogens is 280 g/mol. The minimum Gasteiger partial charge on any atom is -0.493 e. The van der Waals surface area contributed by atoms with Crippen LogP contribution >= 0.6 is 11.3 Å². The van der Waals surface area contributed by atoms with E-state index in [1.807, 2.05) is 5.38 Å². The Kier molecular flexibility index (Phi) is 4.04. The molecule has 7 nitrogen and oxygen atoms in total. The first kappa shape index (κ1) is 14.1. The maximum Gasteiger partial charge on any atom is 0.345 e. The summed E-state index contributed by atoms with van der Waals surface area (Å²) >= 11 is 1.20. The fraction of sp³-hybridized carbons (Fsp3) is 0.250. The summed E-state index contributed by atoms with van der Waals surface area (Å²) in [5.74, 6) is -1.01. The van der Waals surface area contributed by atoms with Gasteiger partial charge in [0.1, 0.15) is 10.7 Å². The molecule has 0 saturated heterocycles. The molecule has 0 aliphatic carbocycles. The van der Waals surface area contributed by atoms with Gasteiger partial charge in [-0.2, -0.15) is 9.97 Å². The largest absolute Gasteiger partial charge is 0.493 e. The molecule has 0 bridgehead atoms. The average molecular weight is 294 g/mol. The Bertz CT molecular complexity index is 618. The second-order valence-electron chi connectivity index (χ2n) is 4.25. The summed E-state index contributed by atoms with van der Waals surface area (Å²) in [5, 5.41) is 20.3. The highest BCUT2D eigenvalue weighted by molar-refractivity contribution is 7.12. The van der Waals surface area contributed by atoms with Gasteiger partial charge in [0.15, 0.2) is 0 Å². The molecule has 2 rings (SSSR count). The number of anilines is 2. The smallest absolute Gasteiger partial charge is 0.345 e.